The number of hydrogen-bond acceptors (Lipinski definition) is 5. The number of aromatic nitrogens is 3. The number of aryl methyl sites for hydroxylation is 1. The highest BCUT2D eigenvalue weighted by Gasteiger charge is 2.31. The van der Waals surface area contributed by atoms with E-state index in [1.165, 1.54) is 25.6 Å². The number of halogens is 3. The van der Waals surface area contributed by atoms with Gasteiger partial charge in [0.25, 0.3) is 5.91 Å². The molecule has 0 unspecified atom stereocenters. The van der Waals surface area contributed by atoms with Crippen LogP contribution in [0.3, 0.4) is 0 Å². The molecular formula is C21H20ClF2N5O3S. The van der Waals surface area contributed by atoms with E-state index in [2.05, 4.69) is 15.3 Å². The van der Waals surface area contributed by atoms with Crippen LogP contribution in [0.4, 0.5) is 20.2 Å². The molecule has 1 amide bonds. The van der Waals surface area contributed by atoms with Crippen molar-refractivity contribution in [2.24, 2.45) is 0 Å². The molecule has 2 aromatic heterocycles. The lowest BCUT2D eigenvalue weighted by molar-refractivity contribution is 0.0957. The number of carbonyl (C=O) groups is 1. The molecule has 33 heavy (non-hydrogen) atoms. The Morgan fingerprint density at radius 2 is 2.03 bits per heavy atom. The van der Waals surface area contributed by atoms with E-state index < -0.39 is 28.4 Å². The van der Waals surface area contributed by atoms with Crippen LogP contribution >= 0.6 is 11.6 Å². The molecule has 0 saturated carbocycles. The van der Waals surface area contributed by atoms with E-state index in [9.17, 15) is 17.6 Å². The summed E-state index contributed by atoms with van der Waals surface area (Å²) >= 11 is 5.98. The van der Waals surface area contributed by atoms with Gasteiger partial charge in [-0.3, -0.25) is 9.78 Å². The van der Waals surface area contributed by atoms with Crippen molar-refractivity contribution in [1.82, 2.24) is 19.9 Å². The standard InChI is InChI=1S/C21H20ClF2N5O3S/c1-11-17(7-13(22)8-26-11)29(33(31)32)15-6-4-14(23)18(19(15)24)12-3-5-16-20(21(30)25-2)27-10-28(16)9-12/h4,6-8,10,12,33H,3,5,9H2,1-2H3,(H,25,30)/t12-/m0/s1. The Hall–Kier alpha value is -3.05. The topological polar surface area (TPSA) is 97.2 Å². The van der Waals surface area contributed by atoms with E-state index in [0.29, 0.717) is 24.2 Å². The Labute approximate surface area is 195 Å². The van der Waals surface area contributed by atoms with Crippen molar-refractivity contribution in [2.45, 2.75) is 32.2 Å². The number of anilines is 2. The van der Waals surface area contributed by atoms with Crippen LogP contribution in [0.2, 0.25) is 5.02 Å². The first-order valence-electron chi connectivity index (χ1n) is 10.0. The van der Waals surface area contributed by atoms with Gasteiger partial charge in [-0.15, -0.1) is 0 Å². The fourth-order valence-corrected chi connectivity index (χ4v) is 4.98. The summed E-state index contributed by atoms with van der Waals surface area (Å²) in [6, 6.07) is 3.48. The predicted octanol–water partition coefficient (Wildman–Crippen LogP) is 3.27. The van der Waals surface area contributed by atoms with Crippen molar-refractivity contribution in [3.05, 3.63) is 70.0 Å². The largest absolute Gasteiger partial charge is 0.354 e. The number of carbonyl (C=O) groups excluding carboxylic acids is 1. The maximum atomic E-state index is 15.7. The number of thiol groups is 1. The number of hydrogen-bond donors (Lipinski definition) is 2. The first-order chi connectivity index (χ1) is 15.7. The molecule has 3 heterocycles. The molecule has 1 N–H and O–H groups in total. The summed E-state index contributed by atoms with van der Waals surface area (Å²) in [6.07, 6.45) is 3.55. The van der Waals surface area contributed by atoms with Crippen LogP contribution in [0.25, 0.3) is 0 Å². The minimum Gasteiger partial charge on any atom is -0.354 e. The molecule has 3 aromatic rings. The fourth-order valence-electron chi connectivity index (χ4n) is 4.12. The third kappa shape index (κ3) is 4.18. The van der Waals surface area contributed by atoms with Crippen molar-refractivity contribution in [1.29, 1.82) is 0 Å². The maximum absolute atomic E-state index is 15.7. The average molecular weight is 496 g/mol. The van der Waals surface area contributed by atoms with Gasteiger partial charge in [0.1, 0.15) is 11.5 Å². The third-order valence-corrected chi connectivity index (χ3v) is 6.66. The Morgan fingerprint density at radius 1 is 1.27 bits per heavy atom. The molecule has 0 saturated heterocycles. The number of amides is 1. The maximum Gasteiger partial charge on any atom is 0.271 e. The number of benzene rings is 1. The zero-order valence-electron chi connectivity index (χ0n) is 17.7. The molecule has 0 bridgehead atoms. The quantitative estimate of drug-likeness (QED) is 0.529. The van der Waals surface area contributed by atoms with Crippen LogP contribution in [-0.2, 0) is 23.9 Å². The van der Waals surface area contributed by atoms with Gasteiger partial charge >= 0.3 is 0 Å². The van der Waals surface area contributed by atoms with E-state index in [4.69, 9.17) is 11.6 Å². The van der Waals surface area contributed by atoms with Crippen molar-refractivity contribution in [3.63, 3.8) is 0 Å². The number of fused-ring (bicyclic) bond motifs is 1. The van der Waals surface area contributed by atoms with E-state index in [-0.39, 0.29) is 40.1 Å². The third-order valence-electron chi connectivity index (χ3n) is 5.70. The summed E-state index contributed by atoms with van der Waals surface area (Å²) in [5, 5.41) is 2.69. The molecule has 1 atom stereocenters. The lowest BCUT2D eigenvalue weighted by Gasteiger charge is -2.27. The van der Waals surface area contributed by atoms with Gasteiger partial charge in [-0.05, 0) is 38.0 Å². The van der Waals surface area contributed by atoms with Gasteiger partial charge in [0.05, 0.1) is 34.1 Å². The molecule has 0 aliphatic carbocycles. The molecule has 1 aromatic carbocycles. The monoisotopic (exact) mass is 495 g/mol. The zero-order chi connectivity index (χ0) is 23.9. The molecule has 8 nitrogen and oxygen atoms in total. The van der Waals surface area contributed by atoms with Crippen LogP contribution < -0.4 is 9.62 Å². The van der Waals surface area contributed by atoms with Crippen molar-refractivity contribution >= 4 is 39.8 Å². The number of rotatable bonds is 5. The molecule has 0 spiro atoms. The molecule has 174 valence electrons. The van der Waals surface area contributed by atoms with Gasteiger partial charge in [0, 0.05) is 31.3 Å². The fraction of sp³-hybridized carbons (Fsp3) is 0.286. The minimum absolute atomic E-state index is 0.0748. The molecule has 1 aliphatic heterocycles. The Morgan fingerprint density at radius 3 is 2.73 bits per heavy atom. The second kappa shape index (κ2) is 9.06. The van der Waals surface area contributed by atoms with Crippen LogP contribution in [0.1, 0.15) is 39.8 Å². The summed E-state index contributed by atoms with van der Waals surface area (Å²) in [5.74, 6) is -2.68. The second-order valence-corrected chi connectivity index (χ2v) is 8.92. The lowest BCUT2D eigenvalue weighted by Crippen LogP contribution is -2.25. The van der Waals surface area contributed by atoms with Gasteiger partial charge in [-0.1, -0.05) is 11.6 Å². The van der Waals surface area contributed by atoms with E-state index in [0.717, 1.165) is 16.4 Å². The molecular weight excluding hydrogens is 476 g/mol. The highest BCUT2D eigenvalue weighted by molar-refractivity contribution is 7.74. The van der Waals surface area contributed by atoms with Crippen LogP contribution in [0, 0.1) is 18.6 Å². The number of nitrogens with one attached hydrogen (secondary N) is 1. The van der Waals surface area contributed by atoms with Gasteiger partial charge in [0.2, 0.25) is 10.9 Å². The molecule has 12 heteroatoms. The highest BCUT2D eigenvalue weighted by Crippen LogP contribution is 2.39. The zero-order valence-corrected chi connectivity index (χ0v) is 19.3. The number of imidazole rings is 1. The van der Waals surface area contributed by atoms with Gasteiger partial charge < -0.3 is 9.88 Å². The second-order valence-electron chi connectivity index (χ2n) is 7.61. The average Bonchev–Trinajstić information content (AvgIpc) is 3.20. The molecule has 0 radical (unpaired) electrons. The summed E-state index contributed by atoms with van der Waals surface area (Å²) in [5.41, 5.74) is 0.814. The molecule has 1 aliphatic rings. The summed E-state index contributed by atoms with van der Waals surface area (Å²) in [6.45, 7) is 1.75. The van der Waals surface area contributed by atoms with Gasteiger partial charge in [-0.25, -0.2) is 26.5 Å². The lowest BCUT2D eigenvalue weighted by atomic mass is 9.89. The Balaban J connectivity index is 1.77. The summed E-state index contributed by atoms with van der Waals surface area (Å²) in [7, 11) is -1.84. The minimum atomic E-state index is -3.34. The molecule has 4 rings (SSSR count). The van der Waals surface area contributed by atoms with E-state index >= 15 is 4.39 Å². The smallest absolute Gasteiger partial charge is 0.271 e. The number of nitrogens with zero attached hydrogens (tertiary/aromatic N) is 4. The van der Waals surface area contributed by atoms with Crippen molar-refractivity contribution in [2.75, 3.05) is 11.4 Å². The molecule has 0 fully saturated rings. The van der Waals surface area contributed by atoms with E-state index in [1.807, 2.05) is 0 Å². The predicted molar refractivity (Wildman–Crippen MR) is 119 cm³/mol. The van der Waals surface area contributed by atoms with Crippen molar-refractivity contribution < 1.29 is 22.0 Å². The first kappa shape index (κ1) is 23.1. The van der Waals surface area contributed by atoms with Crippen LogP contribution in [0.15, 0.2) is 30.7 Å². The van der Waals surface area contributed by atoms with Crippen LogP contribution in [0.5, 0.6) is 0 Å². The van der Waals surface area contributed by atoms with Gasteiger partial charge in [0.15, 0.2) is 5.82 Å². The SMILES string of the molecule is CNC(=O)c1ncn2c1CC[C@H](c1c(F)ccc(N(c3cc(Cl)cnc3C)[SH](=O)=O)c1F)C2. The Bertz CT molecular complexity index is 1320. The normalized spacial score (nSPS) is 15.4. The highest BCUT2D eigenvalue weighted by atomic mass is 35.5. The number of pyridine rings is 1. The summed E-state index contributed by atoms with van der Waals surface area (Å²) in [4.78, 5) is 20.2. The summed E-state index contributed by atoms with van der Waals surface area (Å²) < 4.78 is 57.3. The first-order valence-corrected chi connectivity index (χ1v) is 11.5. The van der Waals surface area contributed by atoms with E-state index in [1.54, 1.807) is 11.5 Å². The van der Waals surface area contributed by atoms with Gasteiger partial charge in [-0.2, -0.15) is 0 Å². The van der Waals surface area contributed by atoms with Crippen LogP contribution in [-0.4, -0.2) is 35.9 Å². The Kier molecular flexibility index (Phi) is 6.35. The van der Waals surface area contributed by atoms with Crippen molar-refractivity contribution in [3.8, 4) is 0 Å².